The van der Waals surface area contributed by atoms with Crippen LogP contribution in [0.5, 0.6) is 0 Å². The minimum atomic E-state index is -3.74. The highest BCUT2D eigenvalue weighted by molar-refractivity contribution is 7.93. The Kier molecular flexibility index (Phi) is 7.07. The monoisotopic (exact) mass is 438 g/mol. The summed E-state index contributed by atoms with van der Waals surface area (Å²) in [6.45, 7) is 3.58. The lowest BCUT2D eigenvalue weighted by Crippen LogP contribution is -2.44. The van der Waals surface area contributed by atoms with Crippen LogP contribution in [0.4, 0.5) is 0 Å². The van der Waals surface area contributed by atoms with E-state index in [9.17, 15) is 16.8 Å². The van der Waals surface area contributed by atoms with Crippen molar-refractivity contribution in [2.75, 3.05) is 32.8 Å². The topological polar surface area (TPSA) is 92.8 Å². The standard InChI is InChI=1S/C20H26N2O5S2/c1-17-5-2-3-6-18(17)11-12-21-28(23,24)19-7-4-8-20(10-9-19)29(25,26)22-13-15-27-16-14-22/h2-10,20-21H,11-16H2,1H3. The molecule has 158 valence electrons. The second kappa shape index (κ2) is 9.36. The number of hydrogen-bond acceptors (Lipinski definition) is 5. The third kappa shape index (κ3) is 5.43. The zero-order valence-corrected chi connectivity index (χ0v) is 18.0. The summed E-state index contributed by atoms with van der Waals surface area (Å²) in [6.07, 6.45) is 7.75. The van der Waals surface area contributed by atoms with Crippen molar-refractivity contribution < 1.29 is 21.6 Å². The van der Waals surface area contributed by atoms with Gasteiger partial charge < -0.3 is 4.74 Å². The van der Waals surface area contributed by atoms with Crippen LogP contribution < -0.4 is 4.72 Å². The molecule has 0 saturated carbocycles. The highest BCUT2D eigenvalue weighted by Crippen LogP contribution is 2.19. The van der Waals surface area contributed by atoms with Crippen molar-refractivity contribution in [1.82, 2.24) is 9.03 Å². The van der Waals surface area contributed by atoms with Crippen LogP contribution in [-0.2, 0) is 31.2 Å². The van der Waals surface area contributed by atoms with Gasteiger partial charge in [-0.05, 0) is 36.6 Å². The van der Waals surface area contributed by atoms with Gasteiger partial charge in [-0.1, -0.05) is 42.5 Å². The summed E-state index contributed by atoms with van der Waals surface area (Å²) in [5.41, 5.74) is 2.19. The Morgan fingerprint density at radius 2 is 1.83 bits per heavy atom. The van der Waals surface area contributed by atoms with Gasteiger partial charge in [0.05, 0.1) is 18.1 Å². The second-order valence-corrected chi connectivity index (χ2v) is 10.8. The Morgan fingerprint density at radius 3 is 2.55 bits per heavy atom. The van der Waals surface area contributed by atoms with E-state index in [-0.39, 0.29) is 11.4 Å². The first-order chi connectivity index (χ1) is 13.8. The van der Waals surface area contributed by atoms with Gasteiger partial charge in [-0.2, -0.15) is 4.31 Å². The summed E-state index contributed by atoms with van der Waals surface area (Å²) in [5, 5.41) is -0.906. The molecule has 1 aliphatic heterocycles. The van der Waals surface area contributed by atoms with Gasteiger partial charge in [0.25, 0.3) is 0 Å². The molecule has 0 radical (unpaired) electrons. The Morgan fingerprint density at radius 1 is 1.10 bits per heavy atom. The maximum absolute atomic E-state index is 12.8. The van der Waals surface area contributed by atoms with Crippen molar-refractivity contribution >= 4 is 20.0 Å². The third-order valence-electron chi connectivity index (χ3n) is 4.94. The zero-order chi connectivity index (χ0) is 20.9. The molecule has 7 nitrogen and oxygen atoms in total. The van der Waals surface area contributed by atoms with Gasteiger partial charge in [0.1, 0.15) is 5.25 Å². The number of sulfonamides is 2. The van der Waals surface area contributed by atoms with Crippen LogP contribution in [0.3, 0.4) is 0 Å². The number of nitrogens with one attached hydrogen (secondary N) is 1. The largest absolute Gasteiger partial charge is 0.379 e. The first-order valence-corrected chi connectivity index (χ1v) is 12.5. The number of benzene rings is 1. The van der Waals surface area contributed by atoms with Crippen molar-refractivity contribution in [2.45, 2.75) is 18.6 Å². The summed E-state index contributed by atoms with van der Waals surface area (Å²) in [5.74, 6) is 0. The van der Waals surface area contributed by atoms with Crippen LogP contribution in [0.15, 0.2) is 59.6 Å². The fraction of sp³-hybridized carbons (Fsp3) is 0.400. The summed E-state index contributed by atoms with van der Waals surface area (Å²) >= 11 is 0. The van der Waals surface area contributed by atoms with E-state index in [4.69, 9.17) is 4.74 Å². The van der Waals surface area contributed by atoms with Crippen molar-refractivity contribution in [1.29, 1.82) is 0 Å². The van der Waals surface area contributed by atoms with E-state index in [1.165, 1.54) is 34.7 Å². The second-order valence-electron chi connectivity index (χ2n) is 6.91. The number of morpholine rings is 1. The van der Waals surface area contributed by atoms with Gasteiger partial charge in [-0.15, -0.1) is 0 Å². The molecule has 1 unspecified atom stereocenters. The Labute approximate surface area is 172 Å². The van der Waals surface area contributed by atoms with E-state index >= 15 is 0 Å². The molecule has 3 rings (SSSR count). The summed E-state index contributed by atoms with van der Waals surface area (Å²) in [6, 6.07) is 7.82. The van der Waals surface area contributed by atoms with Crippen molar-refractivity contribution in [3.8, 4) is 0 Å². The molecule has 1 aromatic rings. The van der Waals surface area contributed by atoms with E-state index in [0.29, 0.717) is 32.7 Å². The number of hydrogen-bond donors (Lipinski definition) is 1. The lowest BCUT2D eigenvalue weighted by Gasteiger charge is -2.28. The van der Waals surface area contributed by atoms with Crippen LogP contribution in [-0.4, -0.2) is 59.2 Å². The molecular formula is C20H26N2O5S2. The molecule has 1 N–H and O–H groups in total. The van der Waals surface area contributed by atoms with Gasteiger partial charge in [0, 0.05) is 19.6 Å². The lowest BCUT2D eigenvalue weighted by atomic mass is 10.1. The maximum atomic E-state index is 12.8. The minimum absolute atomic E-state index is 0.0400. The molecule has 0 aromatic heterocycles. The van der Waals surface area contributed by atoms with Gasteiger partial charge in [0.15, 0.2) is 0 Å². The molecule has 1 heterocycles. The average Bonchev–Trinajstić information content (AvgIpc) is 2.97. The fourth-order valence-electron chi connectivity index (χ4n) is 3.21. The van der Waals surface area contributed by atoms with Gasteiger partial charge >= 0.3 is 0 Å². The average molecular weight is 439 g/mol. The predicted molar refractivity (Wildman–Crippen MR) is 113 cm³/mol. The van der Waals surface area contributed by atoms with Crippen LogP contribution >= 0.6 is 0 Å². The fourth-order valence-corrected chi connectivity index (χ4v) is 5.84. The molecule has 1 atom stereocenters. The number of nitrogens with zero attached hydrogens (tertiary/aromatic N) is 1. The molecule has 0 amide bonds. The highest BCUT2D eigenvalue weighted by atomic mass is 32.2. The van der Waals surface area contributed by atoms with Crippen LogP contribution in [0.1, 0.15) is 11.1 Å². The van der Waals surface area contributed by atoms with Crippen LogP contribution in [0.2, 0.25) is 0 Å². The molecule has 0 bridgehead atoms. The summed E-state index contributed by atoms with van der Waals surface area (Å²) < 4.78 is 60.0. The van der Waals surface area contributed by atoms with E-state index in [0.717, 1.165) is 11.1 Å². The molecule has 1 aliphatic carbocycles. The van der Waals surface area contributed by atoms with E-state index in [1.807, 2.05) is 31.2 Å². The Bertz CT molecular complexity index is 1020. The van der Waals surface area contributed by atoms with E-state index < -0.39 is 25.3 Å². The third-order valence-corrected chi connectivity index (χ3v) is 8.51. The maximum Gasteiger partial charge on any atom is 0.240 e. The quantitative estimate of drug-likeness (QED) is 0.696. The zero-order valence-electron chi connectivity index (χ0n) is 16.3. The number of allylic oxidation sites excluding steroid dienone is 3. The lowest BCUT2D eigenvalue weighted by molar-refractivity contribution is 0.0729. The Hall–Kier alpha value is -1.78. The highest BCUT2D eigenvalue weighted by Gasteiger charge is 2.30. The Balaban J connectivity index is 1.65. The molecule has 1 fully saturated rings. The normalized spacial score (nSPS) is 21.0. The van der Waals surface area contributed by atoms with Crippen LogP contribution in [0, 0.1) is 6.92 Å². The van der Waals surface area contributed by atoms with Crippen LogP contribution in [0.25, 0.3) is 0 Å². The van der Waals surface area contributed by atoms with Crippen molar-refractivity contribution in [2.24, 2.45) is 0 Å². The molecule has 2 aliphatic rings. The first kappa shape index (κ1) is 21.9. The molecule has 0 spiro atoms. The first-order valence-electron chi connectivity index (χ1n) is 9.48. The molecule has 29 heavy (non-hydrogen) atoms. The minimum Gasteiger partial charge on any atom is -0.379 e. The number of ether oxygens (including phenoxy) is 1. The molecular weight excluding hydrogens is 412 g/mol. The molecule has 1 saturated heterocycles. The van der Waals surface area contributed by atoms with E-state index in [1.54, 1.807) is 0 Å². The number of rotatable bonds is 7. The summed E-state index contributed by atoms with van der Waals surface area (Å²) in [4.78, 5) is 0.0400. The van der Waals surface area contributed by atoms with Crippen molar-refractivity contribution in [3.63, 3.8) is 0 Å². The van der Waals surface area contributed by atoms with E-state index in [2.05, 4.69) is 4.72 Å². The molecule has 9 heteroatoms. The number of aryl methyl sites for hydroxylation is 1. The van der Waals surface area contributed by atoms with Gasteiger partial charge in [0.2, 0.25) is 20.0 Å². The summed E-state index contributed by atoms with van der Waals surface area (Å²) in [7, 11) is -7.34. The van der Waals surface area contributed by atoms with Crippen molar-refractivity contribution in [3.05, 3.63) is 70.7 Å². The van der Waals surface area contributed by atoms with Gasteiger partial charge in [-0.3, -0.25) is 0 Å². The molecule has 1 aromatic carbocycles. The smallest absolute Gasteiger partial charge is 0.240 e. The SMILES string of the molecule is Cc1ccccc1CCNS(=O)(=O)C1=CC=CC(S(=O)(=O)N2CCOCC2)C=C1. The van der Waals surface area contributed by atoms with Gasteiger partial charge in [-0.25, -0.2) is 21.6 Å². The predicted octanol–water partition coefficient (Wildman–Crippen LogP) is 1.50.